The molecule has 7 heteroatoms. The number of carbonyl (C=O) groups is 1. The van der Waals surface area contributed by atoms with Crippen molar-refractivity contribution in [2.24, 2.45) is 0 Å². The number of fused-ring (bicyclic) bond motifs is 1. The molecular formula is C8H7N5O2. The lowest BCUT2D eigenvalue weighted by Crippen LogP contribution is -2.14. The first-order chi connectivity index (χ1) is 7.08. The lowest BCUT2D eigenvalue weighted by molar-refractivity contribution is 0.101. The summed E-state index contributed by atoms with van der Waals surface area (Å²) in [7, 11) is 0. The van der Waals surface area contributed by atoms with Gasteiger partial charge in [-0.1, -0.05) is 0 Å². The van der Waals surface area contributed by atoms with Gasteiger partial charge in [0, 0.05) is 6.92 Å². The number of aromatic nitrogens is 4. The van der Waals surface area contributed by atoms with Crippen LogP contribution in [0.1, 0.15) is 17.4 Å². The predicted octanol–water partition coefficient (Wildman–Crippen LogP) is -0.502. The minimum atomic E-state index is -0.506. The highest BCUT2D eigenvalue weighted by Crippen LogP contribution is 2.03. The van der Waals surface area contributed by atoms with E-state index in [1.807, 2.05) is 0 Å². The number of nitrogens with zero attached hydrogens (tertiary/aromatic N) is 3. The van der Waals surface area contributed by atoms with Crippen molar-refractivity contribution in [3.63, 3.8) is 0 Å². The Morgan fingerprint density at radius 2 is 2.20 bits per heavy atom. The summed E-state index contributed by atoms with van der Waals surface area (Å²) in [5.41, 5.74) is 5.08. The van der Waals surface area contributed by atoms with Crippen LogP contribution in [0.15, 0.2) is 11.0 Å². The Morgan fingerprint density at radius 1 is 1.47 bits per heavy atom. The van der Waals surface area contributed by atoms with E-state index >= 15 is 0 Å². The zero-order valence-electron chi connectivity index (χ0n) is 7.81. The van der Waals surface area contributed by atoms with Gasteiger partial charge in [0.1, 0.15) is 5.69 Å². The van der Waals surface area contributed by atoms with E-state index < -0.39 is 5.56 Å². The number of Topliss-reactive ketones (excluding diaryl/α,β-unsaturated/α-hetero) is 1. The van der Waals surface area contributed by atoms with Crippen molar-refractivity contribution in [3.8, 4) is 0 Å². The summed E-state index contributed by atoms with van der Waals surface area (Å²) in [6.45, 7) is 1.34. The van der Waals surface area contributed by atoms with Gasteiger partial charge >= 0.3 is 0 Å². The van der Waals surface area contributed by atoms with Crippen molar-refractivity contribution in [1.82, 2.24) is 19.9 Å². The number of rotatable bonds is 1. The van der Waals surface area contributed by atoms with Crippen LogP contribution in [0.3, 0.4) is 0 Å². The number of aromatic amines is 1. The summed E-state index contributed by atoms with van der Waals surface area (Å²) in [5, 5.41) is 0. The first-order valence-electron chi connectivity index (χ1n) is 4.11. The molecule has 0 unspecified atom stereocenters. The highest BCUT2D eigenvalue weighted by molar-refractivity contribution is 5.93. The molecule has 0 fully saturated rings. The third kappa shape index (κ3) is 1.54. The van der Waals surface area contributed by atoms with E-state index in [0.717, 1.165) is 0 Å². The molecular weight excluding hydrogens is 198 g/mol. The van der Waals surface area contributed by atoms with Crippen LogP contribution < -0.4 is 11.3 Å². The second kappa shape index (κ2) is 3.12. The van der Waals surface area contributed by atoms with E-state index in [1.165, 1.54) is 13.1 Å². The average Bonchev–Trinajstić information content (AvgIpc) is 2.16. The van der Waals surface area contributed by atoms with Crippen LogP contribution in [0, 0.1) is 0 Å². The first kappa shape index (κ1) is 9.25. The van der Waals surface area contributed by atoms with Crippen molar-refractivity contribution in [2.45, 2.75) is 6.92 Å². The zero-order chi connectivity index (χ0) is 11.0. The maximum atomic E-state index is 11.4. The van der Waals surface area contributed by atoms with Gasteiger partial charge in [0.25, 0.3) is 5.56 Å². The van der Waals surface area contributed by atoms with Gasteiger partial charge in [-0.05, 0) is 0 Å². The number of nitrogens with two attached hydrogens (primary N) is 1. The fourth-order valence-electron chi connectivity index (χ4n) is 1.10. The molecule has 0 radical (unpaired) electrons. The summed E-state index contributed by atoms with van der Waals surface area (Å²) in [4.78, 5) is 36.1. The van der Waals surface area contributed by atoms with E-state index in [9.17, 15) is 9.59 Å². The summed E-state index contributed by atoms with van der Waals surface area (Å²) >= 11 is 0. The smallest absolute Gasteiger partial charge is 0.280 e. The number of hydrogen-bond acceptors (Lipinski definition) is 6. The molecule has 76 valence electrons. The Morgan fingerprint density at radius 3 is 2.87 bits per heavy atom. The Kier molecular flexibility index (Phi) is 1.93. The highest BCUT2D eigenvalue weighted by atomic mass is 16.1. The number of H-pyrrole nitrogens is 1. The molecule has 0 aliphatic rings. The van der Waals surface area contributed by atoms with Gasteiger partial charge in [-0.2, -0.15) is 4.98 Å². The molecule has 0 spiro atoms. The predicted molar refractivity (Wildman–Crippen MR) is 52.4 cm³/mol. The van der Waals surface area contributed by atoms with Crippen molar-refractivity contribution in [2.75, 3.05) is 5.73 Å². The normalized spacial score (nSPS) is 10.5. The van der Waals surface area contributed by atoms with Crippen LogP contribution in [0.5, 0.6) is 0 Å². The third-order valence-corrected chi connectivity index (χ3v) is 1.80. The van der Waals surface area contributed by atoms with Gasteiger partial charge in [-0.3, -0.25) is 14.6 Å². The Labute approximate surface area is 83.4 Å². The van der Waals surface area contributed by atoms with Gasteiger partial charge in [0.2, 0.25) is 5.95 Å². The van der Waals surface area contributed by atoms with Crippen molar-refractivity contribution in [1.29, 1.82) is 0 Å². The van der Waals surface area contributed by atoms with E-state index in [2.05, 4.69) is 19.9 Å². The molecule has 2 heterocycles. The van der Waals surface area contributed by atoms with E-state index in [0.29, 0.717) is 0 Å². The number of nitrogen functional groups attached to an aromatic ring is 1. The number of anilines is 1. The van der Waals surface area contributed by atoms with Crippen LogP contribution in [-0.4, -0.2) is 25.7 Å². The van der Waals surface area contributed by atoms with Crippen LogP contribution in [-0.2, 0) is 0 Å². The second-order valence-electron chi connectivity index (χ2n) is 2.93. The molecule has 2 aromatic rings. The largest absolute Gasteiger partial charge is 0.369 e. The van der Waals surface area contributed by atoms with Crippen LogP contribution >= 0.6 is 0 Å². The van der Waals surface area contributed by atoms with Gasteiger partial charge in [0.05, 0.1) is 6.20 Å². The molecule has 0 amide bonds. The molecule has 0 bridgehead atoms. The van der Waals surface area contributed by atoms with E-state index in [4.69, 9.17) is 5.73 Å². The molecule has 7 nitrogen and oxygen atoms in total. The third-order valence-electron chi connectivity index (χ3n) is 1.80. The molecule has 0 atom stereocenters. The minimum absolute atomic E-state index is 0.0110. The minimum Gasteiger partial charge on any atom is -0.369 e. The molecule has 3 N–H and O–H groups in total. The molecule has 15 heavy (non-hydrogen) atoms. The second-order valence-corrected chi connectivity index (χ2v) is 2.93. The van der Waals surface area contributed by atoms with Crippen LogP contribution in [0.25, 0.3) is 11.2 Å². The molecule has 2 aromatic heterocycles. The highest BCUT2D eigenvalue weighted by Gasteiger charge is 2.08. The number of carbonyl (C=O) groups excluding carboxylic acids is 1. The number of hydrogen-bond donors (Lipinski definition) is 2. The molecule has 0 aromatic carbocycles. The van der Waals surface area contributed by atoms with Gasteiger partial charge in [-0.15, -0.1) is 0 Å². The monoisotopic (exact) mass is 205 g/mol. The van der Waals surface area contributed by atoms with E-state index in [-0.39, 0.29) is 28.6 Å². The lowest BCUT2D eigenvalue weighted by Gasteiger charge is -1.98. The van der Waals surface area contributed by atoms with Crippen LogP contribution in [0.2, 0.25) is 0 Å². The summed E-state index contributed by atoms with van der Waals surface area (Å²) in [5.74, 6) is -0.294. The van der Waals surface area contributed by atoms with E-state index in [1.54, 1.807) is 0 Å². The van der Waals surface area contributed by atoms with Crippen molar-refractivity contribution >= 4 is 22.9 Å². The zero-order valence-corrected chi connectivity index (χ0v) is 7.81. The quantitative estimate of drug-likeness (QED) is 0.606. The van der Waals surface area contributed by atoms with Gasteiger partial charge < -0.3 is 5.73 Å². The molecule has 0 aliphatic carbocycles. The Hall–Kier alpha value is -2.31. The number of ketones is 1. The fraction of sp³-hybridized carbons (Fsp3) is 0.125. The van der Waals surface area contributed by atoms with Crippen molar-refractivity contribution in [3.05, 3.63) is 22.2 Å². The molecule has 2 rings (SSSR count). The maximum absolute atomic E-state index is 11.4. The first-order valence-corrected chi connectivity index (χ1v) is 4.11. The lowest BCUT2D eigenvalue weighted by atomic mass is 10.3. The topological polar surface area (TPSA) is 115 Å². The SMILES string of the molecule is CC(=O)c1cnc2nc(N)[nH]c(=O)c2n1. The molecule has 0 aliphatic heterocycles. The fourth-order valence-corrected chi connectivity index (χ4v) is 1.10. The van der Waals surface area contributed by atoms with Crippen molar-refractivity contribution < 1.29 is 4.79 Å². The summed E-state index contributed by atoms with van der Waals surface area (Å²) in [6, 6.07) is 0. The standard InChI is InChI=1S/C8H7N5O2/c1-3(14)4-2-10-6-5(11-4)7(15)13-8(9)12-6/h2H,1H3,(H3,9,10,12,13,15). The number of nitrogens with one attached hydrogen (secondary N) is 1. The van der Waals surface area contributed by atoms with Gasteiger partial charge in [0.15, 0.2) is 16.9 Å². The van der Waals surface area contributed by atoms with Gasteiger partial charge in [-0.25, -0.2) is 9.97 Å². The Bertz CT molecular complexity index is 603. The summed E-state index contributed by atoms with van der Waals surface area (Å²) < 4.78 is 0. The maximum Gasteiger partial charge on any atom is 0.280 e. The average molecular weight is 205 g/mol. The summed E-state index contributed by atoms with van der Waals surface area (Å²) in [6.07, 6.45) is 1.26. The van der Waals surface area contributed by atoms with Crippen LogP contribution in [0.4, 0.5) is 5.95 Å². The Balaban J connectivity index is 2.83. The molecule has 0 saturated carbocycles. The molecule has 0 saturated heterocycles.